The summed E-state index contributed by atoms with van der Waals surface area (Å²) in [7, 11) is 2.10. The van der Waals surface area contributed by atoms with Crippen LogP contribution in [0, 0.1) is 13.8 Å². The van der Waals surface area contributed by atoms with Crippen LogP contribution in [0.3, 0.4) is 0 Å². The van der Waals surface area contributed by atoms with Crippen molar-refractivity contribution >= 4 is 12.0 Å². The Hall–Kier alpha value is -2.38. The van der Waals surface area contributed by atoms with Crippen LogP contribution in [0.15, 0.2) is 29.5 Å². The zero-order chi connectivity index (χ0) is 20.3. The molecule has 0 spiro atoms. The normalized spacial score (nSPS) is 21.3. The number of carbonyl (C=O) groups excluding carboxylic acids is 2. The molecule has 7 heteroatoms. The Morgan fingerprint density at radius 1 is 1.21 bits per heavy atom. The van der Waals surface area contributed by atoms with Crippen LogP contribution in [-0.4, -0.2) is 68.2 Å². The minimum atomic E-state index is -0.518. The van der Waals surface area contributed by atoms with Crippen molar-refractivity contribution in [1.29, 1.82) is 0 Å². The van der Waals surface area contributed by atoms with Gasteiger partial charge in [0, 0.05) is 38.4 Å². The Labute approximate surface area is 166 Å². The molecule has 1 atom stereocenters. The first-order valence-corrected chi connectivity index (χ1v) is 9.84. The lowest BCUT2D eigenvalue weighted by Gasteiger charge is -2.36. The van der Waals surface area contributed by atoms with Gasteiger partial charge in [-0.25, -0.2) is 9.59 Å². The van der Waals surface area contributed by atoms with E-state index in [0.29, 0.717) is 17.8 Å². The van der Waals surface area contributed by atoms with Crippen LogP contribution in [-0.2, 0) is 9.53 Å². The first-order valence-electron chi connectivity index (χ1n) is 9.84. The van der Waals surface area contributed by atoms with Gasteiger partial charge in [0.25, 0.3) is 0 Å². The molecule has 2 heterocycles. The molecule has 2 amide bonds. The molecular weight excluding hydrogens is 356 g/mol. The smallest absolute Gasteiger partial charge is 0.338 e. The van der Waals surface area contributed by atoms with Gasteiger partial charge in [0.1, 0.15) is 0 Å². The third-order valence-electron chi connectivity index (χ3n) is 5.37. The zero-order valence-electron chi connectivity index (χ0n) is 17.2. The van der Waals surface area contributed by atoms with Gasteiger partial charge in [-0.3, -0.25) is 4.90 Å². The van der Waals surface area contributed by atoms with Crippen LogP contribution in [0.4, 0.5) is 4.79 Å². The Bertz CT molecular complexity index is 782. The number of likely N-dealkylation sites (N-methyl/N-ethyl adjacent to an activating group) is 1. The number of hydrogen-bond donors (Lipinski definition) is 2. The van der Waals surface area contributed by atoms with E-state index in [1.807, 2.05) is 32.0 Å². The molecule has 0 aromatic heterocycles. The molecule has 0 radical (unpaired) electrons. The zero-order valence-corrected chi connectivity index (χ0v) is 17.2. The first-order chi connectivity index (χ1) is 13.4. The van der Waals surface area contributed by atoms with Crippen molar-refractivity contribution in [3.63, 3.8) is 0 Å². The number of urea groups is 1. The van der Waals surface area contributed by atoms with Crippen molar-refractivity contribution in [2.24, 2.45) is 0 Å². The summed E-state index contributed by atoms with van der Waals surface area (Å²) in [5.41, 5.74) is 4.16. The summed E-state index contributed by atoms with van der Waals surface area (Å²) in [6.45, 7) is 10.3. The van der Waals surface area contributed by atoms with Gasteiger partial charge in [0.05, 0.1) is 18.2 Å². The Morgan fingerprint density at radius 2 is 1.93 bits per heavy atom. The minimum Gasteiger partial charge on any atom is -0.463 e. The topological polar surface area (TPSA) is 73.9 Å². The van der Waals surface area contributed by atoms with E-state index in [4.69, 9.17) is 4.74 Å². The molecule has 2 aliphatic rings. The second-order valence-electron chi connectivity index (χ2n) is 7.58. The number of amides is 2. The summed E-state index contributed by atoms with van der Waals surface area (Å²) < 4.78 is 5.36. The first kappa shape index (κ1) is 20.4. The van der Waals surface area contributed by atoms with Crippen molar-refractivity contribution in [2.75, 3.05) is 46.4 Å². The molecule has 0 aliphatic carbocycles. The number of ether oxygens (including phenoxy) is 1. The fourth-order valence-electron chi connectivity index (χ4n) is 3.73. The molecule has 2 aliphatic heterocycles. The van der Waals surface area contributed by atoms with E-state index in [0.717, 1.165) is 42.9 Å². The Morgan fingerprint density at radius 3 is 2.61 bits per heavy atom. The number of aryl methyl sites for hydroxylation is 2. The summed E-state index contributed by atoms with van der Waals surface area (Å²) >= 11 is 0. The summed E-state index contributed by atoms with van der Waals surface area (Å²) in [6.07, 6.45) is 0. The minimum absolute atomic E-state index is 0.289. The number of carbonyl (C=O) groups is 2. The van der Waals surface area contributed by atoms with Crippen molar-refractivity contribution in [2.45, 2.75) is 26.8 Å². The van der Waals surface area contributed by atoms with Gasteiger partial charge in [-0.05, 0) is 38.9 Å². The number of benzene rings is 1. The largest absolute Gasteiger partial charge is 0.463 e. The molecule has 152 valence electrons. The highest BCUT2D eigenvalue weighted by atomic mass is 16.5. The van der Waals surface area contributed by atoms with Gasteiger partial charge < -0.3 is 20.3 Å². The molecule has 2 N–H and O–H groups in total. The van der Waals surface area contributed by atoms with E-state index in [1.54, 1.807) is 6.92 Å². The second kappa shape index (κ2) is 8.75. The summed E-state index contributed by atoms with van der Waals surface area (Å²) in [6, 6.07) is 5.26. The van der Waals surface area contributed by atoms with Crippen molar-refractivity contribution in [1.82, 2.24) is 20.4 Å². The maximum Gasteiger partial charge on any atom is 0.338 e. The third kappa shape index (κ3) is 4.54. The third-order valence-corrected chi connectivity index (χ3v) is 5.37. The lowest BCUT2D eigenvalue weighted by Crippen LogP contribution is -2.51. The Balaban J connectivity index is 2.00. The van der Waals surface area contributed by atoms with Gasteiger partial charge in [0.2, 0.25) is 0 Å². The summed E-state index contributed by atoms with van der Waals surface area (Å²) in [5, 5.41) is 5.80. The van der Waals surface area contributed by atoms with E-state index < -0.39 is 6.04 Å². The molecule has 1 fully saturated rings. The number of piperazine rings is 1. The number of esters is 1. The molecule has 1 aromatic carbocycles. The molecule has 0 saturated carbocycles. The molecule has 1 aromatic rings. The molecule has 7 nitrogen and oxygen atoms in total. The summed E-state index contributed by atoms with van der Waals surface area (Å²) in [4.78, 5) is 29.9. The van der Waals surface area contributed by atoms with Crippen LogP contribution in [0.1, 0.15) is 29.7 Å². The van der Waals surface area contributed by atoms with E-state index in [-0.39, 0.29) is 18.6 Å². The number of hydrogen-bond acceptors (Lipinski definition) is 5. The van der Waals surface area contributed by atoms with Crippen molar-refractivity contribution < 1.29 is 14.3 Å². The number of nitrogens with one attached hydrogen (secondary N) is 2. The van der Waals surface area contributed by atoms with Gasteiger partial charge in [-0.1, -0.05) is 23.8 Å². The van der Waals surface area contributed by atoms with E-state index >= 15 is 0 Å². The highest BCUT2D eigenvalue weighted by Gasteiger charge is 2.35. The molecule has 28 heavy (non-hydrogen) atoms. The van der Waals surface area contributed by atoms with E-state index in [1.165, 1.54) is 0 Å². The molecule has 0 bridgehead atoms. The van der Waals surface area contributed by atoms with Crippen LogP contribution in [0.25, 0.3) is 0 Å². The van der Waals surface area contributed by atoms with Gasteiger partial charge in [-0.15, -0.1) is 0 Å². The number of rotatable bonds is 5. The number of nitrogens with zero attached hydrogens (tertiary/aromatic N) is 2. The van der Waals surface area contributed by atoms with Gasteiger partial charge in [-0.2, -0.15) is 0 Å². The average molecular weight is 386 g/mol. The lowest BCUT2D eigenvalue weighted by atomic mass is 9.91. The fourth-order valence-corrected chi connectivity index (χ4v) is 3.73. The lowest BCUT2D eigenvalue weighted by molar-refractivity contribution is -0.139. The quantitative estimate of drug-likeness (QED) is 0.754. The maximum absolute atomic E-state index is 12.9. The maximum atomic E-state index is 12.9. The van der Waals surface area contributed by atoms with Crippen LogP contribution in [0.5, 0.6) is 0 Å². The summed E-state index contributed by atoms with van der Waals surface area (Å²) in [5.74, 6) is -0.384. The molecule has 3 rings (SSSR count). The van der Waals surface area contributed by atoms with Crippen LogP contribution in [0.2, 0.25) is 0 Å². The van der Waals surface area contributed by atoms with Gasteiger partial charge in [0.15, 0.2) is 0 Å². The van der Waals surface area contributed by atoms with E-state index in [9.17, 15) is 9.59 Å². The Kier molecular flexibility index (Phi) is 6.36. The van der Waals surface area contributed by atoms with Crippen molar-refractivity contribution in [3.05, 3.63) is 46.2 Å². The molecular formula is C21H30N4O3. The van der Waals surface area contributed by atoms with Crippen LogP contribution >= 0.6 is 0 Å². The second-order valence-corrected chi connectivity index (χ2v) is 7.58. The van der Waals surface area contributed by atoms with E-state index in [2.05, 4.69) is 27.5 Å². The standard InChI is InChI=1S/C21H30N4O3/c1-5-28-20(26)18-17(13-25-10-8-24(4)9-11-25)22-21(27)23-19(18)16-12-14(2)6-7-15(16)3/h6-7,12,19H,5,8-11,13H2,1-4H3,(H2,22,23,27)/t19-/m0/s1. The monoisotopic (exact) mass is 386 g/mol. The average Bonchev–Trinajstić information content (AvgIpc) is 2.65. The highest BCUT2D eigenvalue weighted by Crippen LogP contribution is 2.31. The SMILES string of the molecule is CCOC(=O)C1=C(CN2CCN(C)CC2)NC(=O)N[C@H]1c1cc(C)ccc1C. The highest BCUT2D eigenvalue weighted by molar-refractivity contribution is 5.95. The fraction of sp³-hybridized carbons (Fsp3) is 0.524. The molecule has 0 unspecified atom stereocenters. The van der Waals surface area contributed by atoms with Crippen LogP contribution < -0.4 is 10.6 Å². The molecule has 1 saturated heterocycles. The predicted octanol–water partition coefficient (Wildman–Crippen LogP) is 1.72. The van der Waals surface area contributed by atoms with Crippen molar-refractivity contribution in [3.8, 4) is 0 Å². The van der Waals surface area contributed by atoms with Gasteiger partial charge >= 0.3 is 12.0 Å². The predicted molar refractivity (Wildman–Crippen MR) is 108 cm³/mol.